The molecule has 2 aromatic carbocycles. The first kappa shape index (κ1) is 15.6. The summed E-state index contributed by atoms with van der Waals surface area (Å²) in [5.74, 6) is -2.36. The summed E-state index contributed by atoms with van der Waals surface area (Å²) < 4.78 is 26.5. The minimum Gasteiger partial charge on any atom is -0.368 e. The van der Waals surface area contributed by atoms with E-state index < -0.39 is 23.6 Å². The third kappa shape index (κ3) is 3.40. The van der Waals surface area contributed by atoms with Crippen LogP contribution in [0, 0.1) is 18.1 Å². The molecule has 1 fully saturated rings. The fraction of sp³-hybridized carbons (Fsp3) is 0.222. The molecule has 1 heterocycles. The highest BCUT2D eigenvalue weighted by Gasteiger charge is 2.36. The number of carbonyl (C=O) groups excluding carboxylic acids is 1. The Morgan fingerprint density at radius 2 is 1.87 bits per heavy atom. The van der Waals surface area contributed by atoms with Gasteiger partial charge in [0.25, 0.3) is 0 Å². The van der Waals surface area contributed by atoms with Crippen LogP contribution >= 0.6 is 0 Å². The third-order valence-corrected chi connectivity index (χ3v) is 4.13. The van der Waals surface area contributed by atoms with Crippen LogP contribution in [0.25, 0.3) is 0 Å². The Morgan fingerprint density at radius 1 is 1.13 bits per heavy atom. The van der Waals surface area contributed by atoms with Crippen LogP contribution in [0.15, 0.2) is 48.5 Å². The predicted molar refractivity (Wildman–Crippen MR) is 83.2 cm³/mol. The number of nitrogens with two attached hydrogens (primary N) is 1. The summed E-state index contributed by atoms with van der Waals surface area (Å²) in [6.07, 6.45) is 1.80. The molecule has 2 N–H and O–H groups in total. The third-order valence-electron chi connectivity index (χ3n) is 4.13. The van der Waals surface area contributed by atoms with Gasteiger partial charge in [-0.15, -0.1) is 0 Å². The summed E-state index contributed by atoms with van der Waals surface area (Å²) in [6.45, 7) is 1.11. The van der Waals surface area contributed by atoms with E-state index in [1.807, 2.05) is 35.2 Å². The standard InChI is InChI=1S/C18H17F2N2O/c19-15-7-6-13(8-16(15)20)14-9-17(18(21)23)22(11-14)10-12-4-2-1-3-5-12/h1-9,14,17H,10-11H2,(H2,21,23)/t14-,17?/m0/s1. The Hall–Kier alpha value is -2.27. The van der Waals surface area contributed by atoms with Gasteiger partial charge in [0.15, 0.2) is 11.6 Å². The van der Waals surface area contributed by atoms with Crippen molar-refractivity contribution >= 4 is 5.91 Å². The highest BCUT2D eigenvalue weighted by atomic mass is 19.2. The van der Waals surface area contributed by atoms with Gasteiger partial charge in [0.1, 0.15) is 0 Å². The molecule has 0 saturated carbocycles. The van der Waals surface area contributed by atoms with Crippen molar-refractivity contribution in [1.29, 1.82) is 0 Å². The second kappa shape index (κ2) is 6.46. The van der Waals surface area contributed by atoms with Crippen molar-refractivity contribution in [3.63, 3.8) is 0 Å². The maximum Gasteiger partial charge on any atom is 0.235 e. The number of likely N-dealkylation sites (tertiary alicyclic amines) is 1. The first-order valence-corrected chi connectivity index (χ1v) is 7.42. The van der Waals surface area contributed by atoms with Crippen molar-refractivity contribution in [3.05, 3.63) is 77.7 Å². The Labute approximate surface area is 133 Å². The van der Waals surface area contributed by atoms with Crippen LogP contribution in [0.2, 0.25) is 0 Å². The van der Waals surface area contributed by atoms with Crippen LogP contribution in [-0.4, -0.2) is 23.4 Å². The van der Waals surface area contributed by atoms with E-state index in [9.17, 15) is 13.6 Å². The predicted octanol–water partition coefficient (Wildman–Crippen LogP) is 2.62. The summed E-state index contributed by atoms with van der Waals surface area (Å²) >= 11 is 0. The minimum absolute atomic E-state index is 0.161. The lowest BCUT2D eigenvalue weighted by Gasteiger charge is -2.21. The molecule has 1 aliphatic heterocycles. The molecule has 23 heavy (non-hydrogen) atoms. The average Bonchev–Trinajstić information content (AvgIpc) is 2.95. The molecule has 1 radical (unpaired) electrons. The fourth-order valence-corrected chi connectivity index (χ4v) is 2.98. The van der Waals surface area contributed by atoms with E-state index in [1.54, 1.807) is 12.5 Å². The van der Waals surface area contributed by atoms with Crippen LogP contribution < -0.4 is 5.73 Å². The molecule has 0 bridgehead atoms. The zero-order valence-electron chi connectivity index (χ0n) is 12.5. The van der Waals surface area contributed by atoms with Crippen LogP contribution in [0.4, 0.5) is 8.78 Å². The van der Waals surface area contributed by atoms with Gasteiger partial charge in [0.2, 0.25) is 5.91 Å². The number of hydrogen-bond donors (Lipinski definition) is 1. The van der Waals surface area contributed by atoms with Crippen LogP contribution in [0.5, 0.6) is 0 Å². The topological polar surface area (TPSA) is 46.3 Å². The fourth-order valence-electron chi connectivity index (χ4n) is 2.98. The van der Waals surface area contributed by atoms with Crippen LogP contribution in [0.3, 0.4) is 0 Å². The summed E-state index contributed by atoms with van der Waals surface area (Å²) in [6, 6.07) is 13.1. The molecule has 0 aliphatic carbocycles. The van der Waals surface area contributed by atoms with E-state index >= 15 is 0 Å². The van der Waals surface area contributed by atoms with Gasteiger partial charge in [0, 0.05) is 19.0 Å². The summed E-state index contributed by atoms with van der Waals surface area (Å²) in [5.41, 5.74) is 7.20. The van der Waals surface area contributed by atoms with Crippen molar-refractivity contribution in [2.24, 2.45) is 5.73 Å². The Kier molecular flexibility index (Phi) is 4.39. The van der Waals surface area contributed by atoms with Crippen molar-refractivity contribution in [1.82, 2.24) is 4.90 Å². The SMILES string of the molecule is NC(=O)C1[CH][C@H](c2ccc(F)c(F)c2)CN1Cc1ccccc1. The largest absolute Gasteiger partial charge is 0.368 e. The van der Waals surface area contributed by atoms with Gasteiger partial charge in [-0.1, -0.05) is 36.4 Å². The van der Waals surface area contributed by atoms with Crippen LogP contribution in [0.1, 0.15) is 17.0 Å². The zero-order chi connectivity index (χ0) is 16.4. The summed E-state index contributed by atoms with van der Waals surface area (Å²) in [5, 5.41) is 0. The molecule has 0 spiro atoms. The highest BCUT2D eigenvalue weighted by Crippen LogP contribution is 2.32. The van der Waals surface area contributed by atoms with E-state index in [0.29, 0.717) is 18.7 Å². The molecule has 1 amide bonds. The molecular formula is C18H17F2N2O. The lowest BCUT2D eigenvalue weighted by atomic mass is 9.96. The molecule has 119 valence electrons. The first-order valence-electron chi connectivity index (χ1n) is 7.42. The van der Waals surface area contributed by atoms with E-state index in [4.69, 9.17) is 5.73 Å². The van der Waals surface area contributed by atoms with Crippen molar-refractivity contribution in [3.8, 4) is 0 Å². The van der Waals surface area contributed by atoms with Gasteiger partial charge >= 0.3 is 0 Å². The molecule has 2 aromatic rings. The van der Waals surface area contributed by atoms with Gasteiger partial charge in [-0.25, -0.2) is 8.78 Å². The number of nitrogens with zero attached hydrogens (tertiary/aromatic N) is 1. The van der Waals surface area contributed by atoms with Gasteiger partial charge in [0.05, 0.1) is 6.04 Å². The van der Waals surface area contributed by atoms with E-state index in [-0.39, 0.29) is 5.92 Å². The van der Waals surface area contributed by atoms with Crippen molar-refractivity contribution < 1.29 is 13.6 Å². The summed E-state index contributed by atoms with van der Waals surface area (Å²) in [7, 11) is 0. The maximum atomic E-state index is 13.4. The lowest BCUT2D eigenvalue weighted by molar-refractivity contribution is -0.121. The molecule has 2 atom stereocenters. The number of rotatable bonds is 4. The Bertz CT molecular complexity index is 705. The number of amides is 1. The van der Waals surface area contributed by atoms with Crippen molar-refractivity contribution in [2.45, 2.75) is 18.5 Å². The quantitative estimate of drug-likeness (QED) is 0.943. The molecule has 1 aliphatic rings. The number of halogens is 2. The minimum atomic E-state index is -0.881. The molecule has 3 rings (SSSR count). The number of primary amides is 1. The van der Waals surface area contributed by atoms with Gasteiger partial charge < -0.3 is 5.73 Å². The maximum absolute atomic E-state index is 13.4. The molecule has 3 nitrogen and oxygen atoms in total. The molecular weight excluding hydrogens is 298 g/mol. The first-order chi connectivity index (χ1) is 11.0. The Balaban J connectivity index is 1.80. The van der Waals surface area contributed by atoms with Gasteiger partial charge in [-0.3, -0.25) is 9.69 Å². The van der Waals surface area contributed by atoms with E-state index in [2.05, 4.69) is 0 Å². The lowest BCUT2D eigenvalue weighted by Crippen LogP contribution is -2.39. The normalized spacial score (nSPS) is 21.5. The number of benzene rings is 2. The Morgan fingerprint density at radius 3 is 2.52 bits per heavy atom. The monoisotopic (exact) mass is 315 g/mol. The highest BCUT2D eigenvalue weighted by molar-refractivity contribution is 5.82. The second-order valence-corrected chi connectivity index (χ2v) is 5.73. The average molecular weight is 315 g/mol. The van der Waals surface area contributed by atoms with Gasteiger partial charge in [-0.05, 0) is 29.7 Å². The smallest absolute Gasteiger partial charge is 0.235 e. The molecule has 0 aromatic heterocycles. The number of carbonyl (C=O) groups is 1. The second-order valence-electron chi connectivity index (χ2n) is 5.73. The van der Waals surface area contributed by atoms with Crippen molar-refractivity contribution in [2.75, 3.05) is 6.54 Å². The van der Waals surface area contributed by atoms with Gasteiger partial charge in [-0.2, -0.15) is 0 Å². The summed E-state index contributed by atoms with van der Waals surface area (Å²) in [4.78, 5) is 13.7. The van der Waals surface area contributed by atoms with Crippen LogP contribution in [-0.2, 0) is 11.3 Å². The number of hydrogen-bond acceptors (Lipinski definition) is 2. The molecule has 1 unspecified atom stereocenters. The molecule has 1 saturated heterocycles. The van der Waals surface area contributed by atoms with E-state index in [1.165, 1.54) is 6.07 Å². The zero-order valence-corrected chi connectivity index (χ0v) is 12.5. The van der Waals surface area contributed by atoms with E-state index in [0.717, 1.165) is 11.6 Å². The molecule has 5 heteroatoms.